The van der Waals surface area contributed by atoms with Gasteiger partial charge in [-0.05, 0) is 18.1 Å². The van der Waals surface area contributed by atoms with E-state index in [1.807, 2.05) is 38.1 Å². The molecular weight excluding hydrogens is 400 g/mol. The molecule has 1 heterocycles. The van der Waals surface area contributed by atoms with Gasteiger partial charge in [-0.15, -0.1) is 0 Å². The van der Waals surface area contributed by atoms with Crippen LogP contribution < -0.4 is 10.1 Å². The fraction of sp³-hybridized carbons (Fsp3) is 0.565. The summed E-state index contributed by atoms with van der Waals surface area (Å²) in [5.74, 6) is -0.143. The first-order chi connectivity index (χ1) is 14.9. The van der Waals surface area contributed by atoms with Gasteiger partial charge in [-0.2, -0.15) is 0 Å². The van der Waals surface area contributed by atoms with E-state index in [0.29, 0.717) is 24.4 Å². The molecule has 0 spiro atoms. The van der Waals surface area contributed by atoms with Crippen molar-refractivity contribution in [3.8, 4) is 5.75 Å². The van der Waals surface area contributed by atoms with Gasteiger partial charge in [-0.25, -0.2) is 0 Å². The van der Waals surface area contributed by atoms with Gasteiger partial charge < -0.3 is 29.9 Å². The molecule has 4 atom stereocenters. The Bertz CT molecular complexity index is 824. The van der Waals surface area contributed by atoms with Gasteiger partial charge >= 0.3 is 0 Å². The minimum absolute atomic E-state index is 0.114. The summed E-state index contributed by atoms with van der Waals surface area (Å²) >= 11 is 0. The van der Waals surface area contributed by atoms with Crippen molar-refractivity contribution in [1.29, 1.82) is 0 Å². The van der Waals surface area contributed by atoms with E-state index in [9.17, 15) is 14.7 Å². The predicted molar refractivity (Wildman–Crippen MR) is 115 cm³/mol. The van der Waals surface area contributed by atoms with Gasteiger partial charge in [0.2, 0.25) is 11.8 Å². The normalized spacial score (nSPS) is 24.1. The summed E-state index contributed by atoms with van der Waals surface area (Å²) in [5, 5.41) is 23.1. The second-order valence-corrected chi connectivity index (χ2v) is 8.36. The van der Waals surface area contributed by atoms with E-state index >= 15 is 0 Å². The van der Waals surface area contributed by atoms with Crippen molar-refractivity contribution in [2.75, 3.05) is 33.4 Å². The zero-order valence-electron chi connectivity index (χ0n) is 18.3. The first-order valence-corrected chi connectivity index (χ1v) is 10.7. The quantitative estimate of drug-likeness (QED) is 0.534. The monoisotopic (exact) mass is 432 g/mol. The van der Waals surface area contributed by atoms with Crippen molar-refractivity contribution < 1.29 is 29.3 Å². The van der Waals surface area contributed by atoms with Crippen LogP contribution in [-0.2, 0) is 14.3 Å². The Morgan fingerprint density at radius 3 is 2.71 bits per heavy atom. The van der Waals surface area contributed by atoms with Crippen LogP contribution in [0.15, 0.2) is 35.9 Å². The van der Waals surface area contributed by atoms with Gasteiger partial charge in [0.15, 0.2) is 0 Å². The Morgan fingerprint density at radius 1 is 1.29 bits per heavy atom. The molecule has 0 unspecified atom stereocenters. The third-order valence-corrected chi connectivity index (χ3v) is 5.68. The van der Waals surface area contributed by atoms with E-state index in [2.05, 4.69) is 5.32 Å². The average molecular weight is 433 g/mol. The number of nitrogens with zero attached hydrogens (tertiary/aromatic N) is 1. The number of amides is 2. The number of aliphatic hydroxyl groups excluding tert-OH is 2. The van der Waals surface area contributed by atoms with Crippen molar-refractivity contribution in [2.45, 2.75) is 44.4 Å². The van der Waals surface area contributed by atoms with E-state index in [1.165, 1.54) is 0 Å². The Hall–Kier alpha value is -2.42. The number of carbonyl (C=O) groups is 2. The average Bonchev–Trinajstić information content (AvgIpc) is 3.13. The number of hydrogen-bond acceptors (Lipinski definition) is 6. The fourth-order valence-electron chi connectivity index (χ4n) is 4.29. The van der Waals surface area contributed by atoms with Crippen molar-refractivity contribution in [1.82, 2.24) is 10.2 Å². The molecule has 0 bridgehead atoms. The molecule has 8 heteroatoms. The molecule has 0 fully saturated rings. The number of ether oxygens (including phenoxy) is 2. The van der Waals surface area contributed by atoms with Gasteiger partial charge in [-0.1, -0.05) is 32.0 Å². The maximum absolute atomic E-state index is 13.0. The maximum atomic E-state index is 13.0. The van der Waals surface area contributed by atoms with Crippen LogP contribution >= 0.6 is 0 Å². The van der Waals surface area contributed by atoms with E-state index in [-0.39, 0.29) is 37.4 Å². The predicted octanol–water partition coefficient (Wildman–Crippen LogP) is 0.830. The van der Waals surface area contributed by atoms with Gasteiger partial charge in [0, 0.05) is 37.8 Å². The number of aliphatic hydroxyl groups is 2. The van der Waals surface area contributed by atoms with Crippen LogP contribution in [0.3, 0.4) is 0 Å². The van der Waals surface area contributed by atoms with E-state index in [0.717, 1.165) is 5.56 Å². The molecule has 0 radical (unpaired) electrons. The second-order valence-electron chi connectivity index (χ2n) is 8.36. The highest BCUT2D eigenvalue weighted by molar-refractivity contribution is 5.96. The molecule has 1 aromatic rings. The summed E-state index contributed by atoms with van der Waals surface area (Å²) in [6, 6.07) is 6.67. The molecule has 2 amide bonds. The Balaban J connectivity index is 2.01. The topological polar surface area (TPSA) is 108 Å². The summed E-state index contributed by atoms with van der Waals surface area (Å²) in [6.07, 6.45) is 0.291. The molecule has 1 aliphatic carbocycles. The van der Waals surface area contributed by atoms with Crippen molar-refractivity contribution in [3.05, 3.63) is 41.5 Å². The summed E-state index contributed by atoms with van der Waals surface area (Å²) in [7, 11) is 1.55. The Labute approximate surface area is 182 Å². The molecule has 1 aromatic carbocycles. The second kappa shape index (κ2) is 10.3. The zero-order chi connectivity index (χ0) is 22.5. The Kier molecular flexibility index (Phi) is 7.69. The summed E-state index contributed by atoms with van der Waals surface area (Å²) in [5.41, 5.74) is 1.26. The maximum Gasteiger partial charge on any atom is 0.247 e. The van der Waals surface area contributed by atoms with E-state index < -0.39 is 24.2 Å². The van der Waals surface area contributed by atoms with Gasteiger partial charge in [-0.3, -0.25) is 9.59 Å². The number of hydrogen-bond donors (Lipinski definition) is 3. The highest BCUT2D eigenvalue weighted by Gasteiger charge is 2.50. The lowest BCUT2D eigenvalue weighted by molar-refractivity contribution is -0.138. The van der Waals surface area contributed by atoms with Gasteiger partial charge in [0.1, 0.15) is 18.0 Å². The van der Waals surface area contributed by atoms with Crippen LogP contribution in [0.25, 0.3) is 0 Å². The summed E-state index contributed by atoms with van der Waals surface area (Å²) < 4.78 is 11.2. The molecule has 2 aliphatic rings. The number of rotatable bonds is 9. The molecule has 31 heavy (non-hydrogen) atoms. The molecule has 3 N–H and O–H groups in total. The molecule has 8 nitrogen and oxygen atoms in total. The number of nitrogens with one attached hydrogen (secondary N) is 1. The molecule has 0 saturated carbocycles. The van der Waals surface area contributed by atoms with Crippen molar-refractivity contribution in [3.63, 3.8) is 0 Å². The molecule has 1 aliphatic heterocycles. The highest BCUT2D eigenvalue weighted by atomic mass is 16.5. The van der Waals surface area contributed by atoms with Gasteiger partial charge in [0.05, 0.1) is 25.2 Å². The lowest BCUT2D eigenvalue weighted by Crippen LogP contribution is -2.56. The summed E-state index contributed by atoms with van der Waals surface area (Å²) in [6.45, 7) is 4.44. The first kappa shape index (κ1) is 23.2. The highest BCUT2D eigenvalue weighted by Crippen LogP contribution is 2.47. The van der Waals surface area contributed by atoms with E-state index in [4.69, 9.17) is 14.6 Å². The van der Waals surface area contributed by atoms with Gasteiger partial charge in [0.25, 0.3) is 0 Å². The van der Waals surface area contributed by atoms with Crippen molar-refractivity contribution >= 4 is 11.8 Å². The smallest absolute Gasteiger partial charge is 0.247 e. The standard InChI is InChI=1S/C23H32N2O6/c1-14(2)12-19(27)25(9-11-30-3)17-13-16(23(29)24-8-10-26)20-15-6-4-5-7-18(15)31-22(20)21(17)28/h4-7,13-14,17,20-22,26,28H,8-12H2,1-3H3,(H,24,29)/t17-,20+,21+,22+/m1/s1. The minimum atomic E-state index is -1.01. The molecule has 3 rings (SSSR count). The number of methoxy groups -OCH3 is 1. The Morgan fingerprint density at radius 2 is 2.03 bits per heavy atom. The summed E-state index contributed by atoms with van der Waals surface area (Å²) in [4.78, 5) is 27.6. The minimum Gasteiger partial charge on any atom is -0.486 e. The fourth-order valence-corrected chi connectivity index (χ4v) is 4.29. The van der Waals surface area contributed by atoms with Crippen molar-refractivity contribution in [2.24, 2.45) is 5.92 Å². The zero-order valence-corrected chi connectivity index (χ0v) is 18.3. The number of carbonyl (C=O) groups excluding carboxylic acids is 2. The molecule has 170 valence electrons. The van der Waals surface area contributed by atoms with Crippen LogP contribution in [0.1, 0.15) is 31.7 Å². The number of fused-ring (bicyclic) bond motifs is 3. The number of para-hydroxylation sites is 1. The lowest BCUT2D eigenvalue weighted by atomic mass is 9.77. The molecule has 0 aromatic heterocycles. The van der Waals surface area contributed by atoms with E-state index in [1.54, 1.807) is 18.1 Å². The van der Waals surface area contributed by atoms with Crippen LogP contribution in [0.2, 0.25) is 0 Å². The molecular formula is C23H32N2O6. The third kappa shape index (κ3) is 4.92. The SMILES string of the molecule is COCCN(C(=O)CC(C)C)[C@@H]1C=C(C(=O)NCCO)[C@@H]2c3ccccc3O[C@@H]2[C@H]1O. The van der Waals surface area contributed by atoms with Crippen LogP contribution in [-0.4, -0.2) is 78.6 Å². The largest absolute Gasteiger partial charge is 0.486 e. The first-order valence-electron chi connectivity index (χ1n) is 10.7. The molecule has 0 saturated heterocycles. The van der Waals surface area contributed by atoms with Crippen LogP contribution in [0.4, 0.5) is 0 Å². The van der Waals surface area contributed by atoms with Crippen LogP contribution in [0.5, 0.6) is 5.75 Å². The number of benzene rings is 1. The van der Waals surface area contributed by atoms with Crippen LogP contribution in [0, 0.1) is 5.92 Å². The lowest BCUT2D eigenvalue weighted by Gasteiger charge is -2.41. The third-order valence-electron chi connectivity index (χ3n) is 5.68.